The van der Waals surface area contributed by atoms with Crippen molar-refractivity contribution in [1.82, 2.24) is 19.7 Å². The second kappa shape index (κ2) is 10.3. The number of ether oxygens (including phenoxy) is 1. The van der Waals surface area contributed by atoms with Gasteiger partial charge in [-0.25, -0.2) is 4.79 Å². The van der Waals surface area contributed by atoms with Crippen molar-refractivity contribution in [2.45, 2.75) is 75.7 Å². The average Bonchev–Trinajstić information content (AvgIpc) is 3.54. The molecule has 1 fully saturated rings. The van der Waals surface area contributed by atoms with Crippen LogP contribution in [0.3, 0.4) is 0 Å². The smallest absolute Gasteiger partial charge is 0.339 e. The van der Waals surface area contributed by atoms with Crippen LogP contribution in [-0.2, 0) is 11.2 Å². The minimum atomic E-state index is -0.434. The molecule has 1 atom stereocenters. The number of nitrogens with one attached hydrogen (secondary N) is 1. The van der Waals surface area contributed by atoms with E-state index in [1.807, 2.05) is 6.92 Å². The highest BCUT2D eigenvalue weighted by atomic mass is 32.2. The molecule has 1 N–H and O–H groups in total. The standard InChI is InChI=1S/C24H30N4O3S2/c1-14-20(23(30)31-4)15(2)25-21(14)22(29)16(3)33-24-27-26-19(13-18-11-8-12-32-18)28(24)17-9-6-5-7-10-17/h8,11-12,16-17,25H,5-7,9-10,13H2,1-4H3. The van der Waals surface area contributed by atoms with Crippen LogP contribution in [0.2, 0.25) is 0 Å². The van der Waals surface area contributed by atoms with E-state index in [1.54, 1.807) is 25.2 Å². The van der Waals surface area contributed by atoms with Crippen molar-refractivity contribution in [1.29, 1.82) is 0 Å². The Morgan fingerprint density at radius 2 is 2.03 bits per heavy atom. The van der Waals surface area contributed by atoms with E-state index in [0.29, 0.717) is 28.6 Å². The van der Waals surface area contributed by atoms with Crippen molar-refractivity contribution < 1.29 is 14.3 Å². The van der Waals surface area contributed by atoms with E-state index in [2.05, 4.69) is 37.3 Å². The zero-order valence-electron chi connectivity index (χ0n) is 19.5. The number of aromatic amines is 1. The molecule has 3 aromatic heterocycles. The van der Waals surface area contributed by atoms with Gasteiger partial charge in [-0.15, -0.1) is 21.5 Å². The van der Waals surface area contributed by atoms with Crippen LogP contribution in [0.15, 0.2) is 22.7 Å². The number of rotatable bonds is 8. The van der Waals surface area contributed by atoms with E-state index in [-0.39, 0.29) is 11.0 Å². The second-order valence-corrected chi connectivity index (χ2v) is 10.9. The molecule has 1 aliphatic rings. The molecule has 3 heterocycles. The molecule has 0 bridgehead atoms. The number of thioether (sulfide) groups is 1. The van der Waals surface area contributed by atoms with E-state index in [0.717, 1.165) is 30.2 Å². The molecule has 1 unspecified atom stereocenters. The summed E-state index contributed by atoms with van der Waals surface area (Å²) in [6.45, 7) is 5.45. The molecule has 33 heavy (non-hydrogen) atoms. The van der Waals surface area contributed by atoms with E-state index >= 15 is 0 Å². The van der Waals surface area contributed by atoms with Crippen molar-refractivity contribution in [2.75, 3.05) is 7.11 Å². The molecular weight excluding hydrogens is 456 g/mol. The highest BCUT2D eigenvalue weighted by Gasteiger charge is 2.29. The van der Waals surface area contributed by atoms with Gasteiger partial charge in [0.05, 0.1) is 23.6 Å². The number of aryl methyl sites for hydroxylation is 1. The van der Waals surface area contributed by atoms with Crippen LogP contribution in [0.25, 0.3) is 0 Å². The fourth-order valence-electron chi connectivity index (χ4n) is 4.60. The third-order valence-electron chi connectivity index (χ3n) is 6.31. The zero-order valence-corrected chi connectivity index (χ0v) is 21.1. The number of nitrogens with zero attached hydrogens (tertiary/aromatic N) is 3. The molecule has 7 nitrogen and oxygen atoms in total. The molecule has 176 valence electrons. The Kier molecular flexibility index (Phi) is 7.38. The summed E-state index contributed by atoms with van der Waals surface area (Å²) in [5.41, 5.74) is 2.16. The Labute approximate surface area is 202 Å². The Morgan fingerprint density at radius 3 is 2.70 bits per heavy atom. The van der Waals surface area contributed by atoms with Crippen molar-refractivity contribution in [3.8, 4) is 0 Å². The molecule has 3 aromatic rings. The molecule has 4 rings (SSSR count). The minimum Gasteiger partial charge on any atom is -0.465 e. The fourth-order valence-corrected chi connectivity index (χ4v) is 6.30. The number of methoxy groups -OCH3 is 1. The zero-order chi connectivity index (χ0) is 23.5. The first kappa shape index (κ1) is 23.8. The SMILES string of the molecule is COC(=O)c1c(C)[nH]c(C(=O)C(C)Sc2nnc(Cc3cccs3)n2C2CCCCC2)c1C. The Morgan fingerprint density at radius 1 is 1.27 bits per heavy atom. The van der Waals surface area contributed by atoms with Gasteiger partial charge >= 0.3 is 5.97 Å². The molecule has 0 radical (unpaired) electrons. The molecule has 0 aliphatic heterocycles. The topological polar surface area (TPSA) is 89.9 Å². The Bertz CT molecular complexity index is 1130. The van der Waals surface area contributed by atoms with Gasteiger partial charge in [0.2, 0.25) is 0 Å². The molecule has 0 saturated heterocycles. The number of carbonyl (C=O) groups excluding carboxylic acids is 2. The maximum atomic E-state index is 13.3. The van der Waals surface area contributed by atoms with E-state index < -0.39 is 5.97 Å². The van der Waals surface area contributed by atoms with Gasteiger partial charge in [0.15, 0.2) is 10.9 Å². The van der Waals surface area contributed by atoms with Gasteiger partial charge in [-0.05, 0) is 50.6 Å². The van der Waals surface area contributed by atoms with Crippen molar-refractivity contribution in [3.63, 3.8) is 0 Å². The van der Waals surface area contributed by atoms with Gasteiger partial charge in [-0.2, -0.15) is 0 Å². The number of Topliss-reactive ketones (excluding diaryl/α,β-unsaturated/α-hetero) is 1. The van der Waals surface area contributed by atoms with Gasteiger partial charge in [0.25, 0.3) is 0 Å². The number of thiophene rings is 1. The molecule has 0 spiro atoms. The highest BCUT2D eigenvalue weighted by molar-refractivity contribution is 8.00. The summed E-state index contributed by atoms with van der Waals surface area (Å²) in [5.74, 6) is 0.469. The first-order valence-corrected chi connectivity index (χ1v) is 13.1. The van der Waals surface area contributed by atoms with Gasteiger partial charge < -0.3 is 14.3 Å². The molecule has 9 heteroatoms. The van der Waals surface area contributed by atoms with Crippen molar-refractivity contribution in [3.05, 3.63) is 50.7 Å². The highest BCUT2D eigenvalue weighted by Crippen LogP contribution is 2.35. The quantitative estimate of drug-likeness (QED) is 0.256. The number of ketones is 1. The van der Waals surface area contributed by atoms with Crippen molar-refractivity contribution >= 4 is 34.9 Å². The van der Waals surface area contributed by atoms with Crippen LogP contribution in [0.5, 0.6) is 0 Å². The van der Waals surface area contributed by atoms with Gasteiger partial charge in [-0.1, -0.05) is 37.1 Å². The summed E-state index contributed by atoms with van der Waals surface area (Å²) >= 11 is 3.17. The van der Waals surface area contributed by atoms with E-state index in [4.69, 9.17) is 4.74 Å². The van der Waals surface area contributed by atoms with Crippen molar-refractivity contribution in [2.24, 2.45) is 0 Å². The summed E-state index contributed by atoms with van der Waals surface area (Å²) in [6.07, 6.45) is 6.66. The van der Waals surface area contributed by atoms with Crippen LogP contribution >= 0.6 is 23.1 Å². The number of aromatic nitrogens is 4. The van der Waals surface area contributed by atoms with Gasteiger partial charge in [-0.3, -0.25) is 4.79 Å². The van der Waals surface area contributed by atoms with Crippen LogP contribution in [0.1, 0.15) is 87.9 Å². The first-order valence-electron chi connectivity index (χ1n) is 11.3. The number of hydrogen-bond acceptors (Lipinski definition) is 7. The summed E-state index contributed by atoms with van der Waals surface area (Å²) in [5, 5.41) is 11.6. The Hall–Kier alpha value is -2.39. The van der Waals surface area contributed by atoms with Crippen LogP contribution < -0.4 is 0 Å². The molecule has 1 aliphatic carbocycles. The van der Waals surface area contributed by atoms with Crippen LogP contribution in [0.4, 0.5) is 0 Å². The predicted octanol–water partition coefficient (Wildman–Crippen LogP) is 5.53. The third-order valence-corrected chi connectivity index (χ3v) is 8.25. The Balaban J connectivity index is 1.60. The summed E-state index contributed by atoms with van der Waals surface area (Å²) in [6, 6.07) is 4.55. The maximum Gasteiger partial charge on any atom is 0.339 e. The van der Waals surface area contributed by atoms with Crippen LogP contribution in [0, 0.1) is 13.8 Å². The lowest BCUT2D eigenvalue weighted by Gasteiger charge is -2.26. The normalized spacial score (nSPS) is 15.5. The van der Waals surface area contributed by atoms with E-state index in [9.17, 15) is 9.59 Å². The number of hydrogen-bond donors (Lipinski definition) is 1. The molecule has 0 amide bonds. The lowest BCUT2D eigenvalue weighted by molar-refractivity contribution is 0.0599. The first-order chi connectivity index (χ1) is 15.9. The number of carbonyl (C=O) groups is 2. The molecule has 1 saturated carbocycles. The maximum absolute atomic E-state index is 13.3. The van der Waals surface area contributed by atoms with Gasteiger partial charge in [0.1, 0.15) is 5.82 Å². The monoisotopic (exact) mass is 486 g/mol. The third kappa shape index (κ3) is 4.94. The summed E-state index contributed by atoms with van der Waals surface area (Å²) in [7, 11) is 1.35. The lowest BCUT2D eigenvalue weighted by Crippen LogP contribution is -2.20. The van der Waals surface area contributed by atoms with Crippen LogP contribution in [-0.4, -0.2) is 43.9 Å². The largest absolute Gasteiger partial charge is 0.465 e. The lowest BCUT2D eigenvalue weighted by atomic mass is 9.95. The predicted molar refractivity (Wildman–Crippen MR) is 131 cm³/mol. The number of H-pyrrole nitrogens is 1. The number of esters is 1. The molecular formula is C24H30N4O3S2. The second-order valence-electron chi connectivity index (χ2n) is 8.56. The van der Waals surface area contributed by atoms with E-state index in [1.165, 1.54) is 43.0 Å². The minimum absolute atomic E-state index is 0.0613. The average molecular weight is 487 g/mol. The summed E-state index contributed by atoms with van der Waals surface area (Å²) in [4.78, 5) is 29.8. The summed E-state index contributed by atoms with van der Waals surface area (Å²) < 4.78 is 7.16. The van der Waals surface area contributed by atoms with Gasteiger partial charge in [0, 0.05) is 23.0 Å². The fraction of sp³-hybridized carbons (Fsp3) is 0.500. The molecule has 0 aromatic carbocycles.